The van der Waals surface area contributed by atoms with Crippen molar-refractivity contribution in [3.63, 3.8) is 0 Å². The van der Waals surface area contributed by atoms with E-state index in [1.54, 1.807) is 12.1 Å². The van der Waals surface area contributed by atoms with Crippen molar-refractivity contribution in [2.75, 3.05) is 6.54 Å². The van der Waals surface area contributed by atoms with E-state index in [0.717, 1.165) is 29.6 Å². The molecular weight excluding hydrogens is 736 g/mol. The minimum Gasteiger partial charge on any atom is -0.472 e. The Morgan fingerprint density at radius 3 is 2.67 bits per heavy atom. The summed E-state index contributed by atoms with van der Waals surface area (Å²) in [6.45, 7) is -0.0559. The number of carbonyl (C=O) groups is 4. The van der Waals surface area contributed by atoms with Crippen LogP contribution < -0.4 is 20.1 Å². The van der Waals surface area contributed by atoms with E-state index in [-0.39, 0.29) is 25.3 Å². The summed E-state index contributed by atoms with van der Waals surface area (Å²) in [5.74, 6) is -3.08. The van der Waals surface area contributed by atoms with Crippen LogP contribution in [0, 0.1) is 11.7 Å². The number of rotatable bonds is 7. The van der Waals surface area contributed by atoms with Gasteiger partial charge in [-0.3, -0.25) is 28.9 Å². The number of hydrogen-bond donors (Lipinski definition) is 3. The van der Waals surface area contributed by atoms with Gasteiger partial charge in [-0.15, -0.1) is 11.3 Å². The molecule has 13 nitrogen and oxygen atoms in total. The van der Waals surface area contributed by atoms with Crippen molar-refractivity contribution in [2.24, 2.45) is 5.92 Å². The maximum Gasteiger partial charge on any atom is 0.263 e. The van der Waals surface area contributed by atoms with E-state index in [0.29, 0.717) is 53.3 Å². The second-order valence-electron chi connectivity index (χ2n) is 14.5. The molecule has 8 rings (SSSR count). The van der Waals surface area contributed by atoms with Gasteiger partial charge in [0.25, 0.3) is 11.8 Å². The van der Waals surface area contributed by atoms with Crippen molar-refractivity contribution < 1.29 is 36.7 Å². The first-order valence-corrected chi connectivity index (χ1v) is 20.6. The van der Waals surface area contributed by atoms with Crippen LogP contribution >= 0.6 is 11.3 Å². The van der Waals surface area contributed by atoms with Crippen molar-refractivity contribution >= 4 is 66.7 Å². The lowest BCUT2D eigenvalue weighted by Gasteiger charge is -2.29. The molecule has 3 fully saturated rings. The van der Waals surface area contributed by atoms with Gasteiger partial charge in [0.1, 0.15) is 34.4 Å². The zero-order valence-corrected chi connectivity index (χ0v) is 30.8. The van der Waals surface area contributed by atoms with Crippen molar-refractivity contribution in [2.45, 2.75) is 86.8 Å². The number of para-hydroxylation sites is 1. The maximum absolute atomic E-state index is 14.5. The van der Waals surface area contributed by atoms with Gasteiger partial charge in [0.2, 0.25) is 27.7 Å². The van der Waals surface area contributed by atoms with Gasteiger partial charge in [0.15, 0.2) is 0 Å². The molecule has 0 radical (unpaired) electrons. The minimum atomic E-state index is -3.91. The highest BCUT2D eigenvalue weighted by atomic mass is 32.2. The van der Waals surface area contributed by atoms with Gasteiger partial charge in [-0.1, -0.05) is 43.2 Å². The average molecular weight is 775 g/mol. The van der Waals surface area contributed by atoms with Gasteiger partial charge in [-0.25, -0.2) is 17.8 Å². The van der Waals surface area contributed by atoms with Crippen molar-refractivity contribution in [3.8, 4) is 5.88 Å². The van der Waals surface area contributed by atoms with Crippen LogP contribution in [0.3, 0.4) is 0 Å². The molecule has 0 spiro atoms. The molecule has 54 heavy (non-hydrogen) atoms. The van der Waals surface area contributed by atoms with Crippen LogP contribution in [0.4, 0.5) is 4.39 Å². The Kier molecular flexibility index (Phi) is 9.58. The largest absolute Gasteiger partial charge is 0.472 e. The Balaban J connectivity index is 1.13. The number of carbonyl (C=O) groups excluding carboxylic acids is 4. The SMILES string of the molecule is O=C(N[C@H]1CCCCC/C=C\[C@@H]2C[C@@]2(C(=O)NS(=O)(=O)C2CC2)NC(=O)[C@@H]2C[C@@H](Oc3nc4ccccc4c4cc(F)ccc34)CN2C1=O)c1cncs1. The molecule has 5 atom stereocenters. The Labute approximate surface area is 314 Å². The lowest BCUT2D eigenvalue weighted by atomic mass is 10.0. The number of fused-ring (bicyclic) bond motifs is 5. The van der Waals surface area contributed by atoms with Crippen LogP contribution in [0.1, 0.15) is 67.5 Å². The topological polar surface area (TPSA) is 177 Å². The number of pyridine rings is 1. The summed E-state index contributed by atoms with van der Waals surface area (Å²) in [7, 11) is -3.91. The molecule has 16 heteroatoms. The third-order valence-corrected chi connectivity index (χ3v) is 13.3. The molecule has 4 aromatic rings. The normalized spacial score (nSPS) is 26.9. The number of ether oxygens (including phenoxy) is 1. The van der Waals surface area contributed by atoms with Crippen LogP contribution in [-0.2, 0) is 24.4 Å². The number of nitrogens with zero attached hydrogens (tertiary/aromatic N) is 3. The number of allylic oxidation sites excluding steroid dienone is 1. The molecule has 282 valence electrons. The summed E-state index contributed by atoms with van der Waals surface area (Å²) in [5, 5.41) is 6.95. The maximum atomic E-state index is 14.5. The Morgan fingerprint density at radius 2 is 1.87 bits per heavy atom. The second-order valence-corrected chi connectivity index (χ2v) is 17.4. The third kappa shape index (κ3) is 7.16. The molecule has 3 N–H and O–H groups in total. The highest BCUT2D eigenvalue weighted by molar-refractivity contribution is 7.91. The van der Waals surface area contributed by atoms with Crippen LogP contribution in [-0.4, -0.2) is 82.4 Å². The number of benzene rings is 2. The summed E-state index contributed by atoms with van der Waals surface area (Å²) in [6, 6.07) is 9.44. The molecule has 4 heterocycles. The van der Waals surface area contributed by atoms with E-state index >= 15 is 0 Å². The molecule has 4 amide bonds. The first kappa shape index (κ1) is 36.0. The summed E-state index contributed by atoms with van der Waals surface area (Å²) >= 11 is 1.14. The fraction of sp³-hybridized carbons (Fsp3) is 0.421. The summed E-state index contributed by atoms with van der Waals surface area (Å²) < 4.78 is 48.9. The van der Waals surface area contributed by atoms with Gasteiger partial charge in [-0.05, 0) is 68.2 Å². The number of nitrogens with one attached hydrogen (secondary N) is 3. The van der Waals surface area contributed by atoms with E-state index < -0.39 is 74.4 Å². The van der Waals surface area contributed by atoms with Crippen LogP contribution in [0.5, 0.6) is 5.88 Å². The molecule has 2 aromatic heterocycles. The Hall–Kier alpha value is -4.96. The highest BCUT2D eigenvalue weighted by Gasteiger charge is 2.62. The van der Waals surface area contributed by atoms with Gasteiger partial charge in [0.05, 0.1) is 29.0 Å². The molecule has 2 aliphatic heterocycles. The second kappa shape index (κ2) is 14.4. The summed E-state index contributed by atoms with van der Waals surface area (Å²) in [5.41, 5.74) is 0.568. The van der Waals surface area contributed by atoms with Crippen molar-refractivity contribution in [1.29, 1.82) is 0 Å². The number of thiazole rings is 1. The average Bonchev–Trinajstić information content (AvgIpc) is 4.01. The van der Waals surface area contributed by atoms with E-state index in [2.05, 4.69) is 20.3 Å². The highest BCUT2D eigenvalue weighted by Crippen LogP contribution is 2.46. The Bertz CT molecular complexity index is 2280. The number of sulfonamides is 1. The minimum absolute atomic E-state index is 0.00283. The van der Waals surface area contributed by atoms with Crippen LogP contribution in [0.25, 0.3) is 21.7 Å². The van der Waals surface area contributed by atoms with Gasteiger partial charge < -0.3 is 20.3 Å². The van der Waals surface area contributed by atoms with Crippen molar-refractivity contribution in [1.82, 2.24) is 30.2 Å². The molecule has 4 aliphatic rings. The van der Waals surface area contributed by atoms with E-state index in [1.807, 2.05) is 30.4 Å². The monoisotopic (exact) mass is 774 g/mol. The van der Waals surface area contributed by atoms with E-state index in [1.165, 1.54) is 28.7 Å². The zero-order chi connectivity index (χ0) is 37.6. The predicted molar refractivity (Wildman–Crippen MR) is 198 cm³/mol. The molecule has 2 aromatic carbocycles. The molecule has 1 saturated heterocycles. The molecule has 0 unspecified atom stereocenters. The molecular formula is C38H39FN6O7S2. The van der Waals surface area contributed by atoms with Gasteiger partial charge >= 0.3 is 0 Å². The van der Waals surface area contributed by atoms with Gasteiger partial charge in [0, 0.05) is 23.1 Å². The lowest BCUT2D eigenvalue weighted by Crippen LogP contribution is -2.58. The standard InChI is InChI=1S/C38H39FN6O7S2/c39-23-12-15-27-28(16-23)26-9-6-7-10-29(26)42-35(27)52-24-17-31-33(46)43-38(37(49)44-54(50,51)25-13-14-25)18-22(38)8-4-2-1-3-5-11-30(36(48)45(31)20-24)41-34(47)32-19-40-21-53-32/h4,6-10,12,15-16,19,21-22,24-25,30-31H,1-3,5,11,13-14,17-18,20H2,(H,41,47)(H,43,46)(H,44,49)/b8-4-/t22-,24-,30+,31+,38-/m1/s1. The van der Waals surface area contributed by atoms with Gasteiger partial charge in [-0.2, -0.15) is 0 Å². The number of aromatic nitrogens is 2. The quantitative estimate of drug-likeness (QED) is 0.184. The van der Waals surface area contributed by atoms with Crippen LogP contribution in [0.2, 0.25) is 0 Å². The van der Waals surface area contributed by atoms with Crippen molar-refractivity contribution in [3.05, 3.63) is 77.0 Å². The number of hydrogen-bond acceptors (Lipinski definition) is 10. The summed E-state index contributed by atoms with van der Waals surface area (Å²) in [4.78, 5) is 66.3. The third-order valence-electron chi connectivity index (χ3n) is 10.7. The van der Waals surface area contributed by atoms with Crippen LogP contribution in [0.15, 0.2) is 66.3 Å². The molecule has 0 bridgehead atoms. The number of amides is 4. The zero-order valence-electron chi connectivity index (χ0n) is 29.2. The Morgan fingerprint density at radius 1 is 1.04 bits per heavy atom. The smallest absolute Gasteiger partial charge is 0.263 e. The summed E-state index contributed by atoms with van der Waals surface area (Å²) in [6.07, 6.45) is 8.74. The predicted octanol–water partition coefficient (Wildman–Crippen LogP) is 4.13. The van der Waals surface area contributed by atoms with E-state index in [9.17, 15) is 32.0 Å². The lowest BCUT2D eigenvalue weighted by molar-refractivity contribution is -0.141. The molecule has 2 saturated carbocycles. The molecule has 2 aliphatic carbocycles. The van der Waals surface area contributed by atoms with E-state index in [4.69, 9.17) is 9.72 Å². The number of halogens is 1. The fourth-order valence-electron chi connectivity index (χ4n) is 7.55. The fourth-order valence-corrected chi connectivity index (χ4v) is 9.43. The first-order chi connectivity index (χ1) is 26.0. The first-order valence-electron chi connectivity index (χ1n) is 18.2.